The molecule has 3 aromatic rings. The fourth-order valence-corrected chi connectivity index (χ4v) is 1.92. The van der Waals surface area contributed by atoms with Crippen LogP contribution < -0.4 is 0 Å². The standard InChI is InChI=1S/C15H10F3NO/c1-9-2-4-10(5-3-9)14-19-12-7-6-11(15(16,17)18)8-13(12)20-14/h2-8H,1H3. The van der Waals surface area contributed by atoms with Crippen molar-refractivity contribution in [2.24, 2.45) is 0 Å². The van der Waals surface area contributed by atoms with Gasteiger partial charge in [-0.05, 0) is 37.3 Å². The van der Waals surface area contributed by atoms with Crippen molar-refractivity contribution in [2.45, 2.75) is 13.1 Å². The van der Waals surface area contributed by atoms with Crippen molar-refractivity contribution in [2.75, 3.05) is 0 Å². The number of fused-ring (bicyclic) bond motifs is 1. The molecule has 20 heavy (non-hydrogen) atoms. The molecule has 2 nitrogen and oxygen atoms in total. The molecule has 0 N–H and O–H groups in total. The summed E-state index contributed by atoms with van der Waals surface area (Å²) in [6.45, 7) is 1.95. The second kappa shape index (κ2) is 4.37. The predicted octanol–water partition coefficient (Wildman–Crippen LogP) is 4.82. The van der Waals surface area contributed by atoms with Crippen molar-refractivity contribution in [3.8, 4) is 11.5 Å². The maximum Gasteiger partial charge on any atom is 0.416 e. The second-order valence-electron chi connectivity index (χ2n) is 4.57. The van der Waals surface area contributed by atoms with Gasteiger partial charge in [-0.15, -0.1) is 0 Å². The van der Waals surface area contributed by atoms with Crippen LogP contribution in [0.4, 0.5) is 13.2 Å². The fraction of sp³-hybridized carbons (Fsp3) is 0.133. The molecule has 0 aliphatic carbocycles. The van der Waals surface area contributed by atoms with Crippen molar-refractivity contribution >= 4 is 11.1 Å². The maximum atomic E-state index is 12.6. The van der Waals surface area contributed by atoms with Gasteiger partial charge < -0.3 is 4.42 Å². The summed E-state index contributed by atoms with van der Waals surface area (Å²) in [6, 6.07) is 10.7. The highest BCUT2D eigenvalue weighted by atomic mass is 19.4. The van der Waals surface area contributed by atoms with E-state index in [1.165, 1.54) is 6.07 Å². The molecule has 0 aliphatic heterocycles. The van der Waals surface area contributed by atoms with Crippen LogP contribution >= 0.6 is 0 Å². The summed E-state index contributed by atoms with van der Waals surface area (Å²) in [7, 11) is 0. The van der Waals surface area contributed by atoms with E-state index in [0.29, 0.717) is 11.4 Å². The third-order valence-electron chi connectivity index (χ3n) is 3.01. The molecule has 3 rings (SSSR count). The molecule has 102 valence electrons. The summed E-state index contributed by atoms with van der Waals surface area (Å²) in [4.78, 5) is 4.20. The Labute approximate surface area is 112 Å². The molecule has 0 fully saturated rings. The molecule has 5 heteroatoms. The summed E-state index contributed by atoms with van der Waals surface area (Å²) in [5.41, 5.74) is 1.63. The number of nitrogens with zero attached hydrogens (tertiary/aromatic N) is 1. The molecule has 0 unspecified atom stereocenters. The smallest absolute Gasteiger partial charge is 0.416 e. The summed E-state index contributed by atoms with van der Waals surface area (Å²) in [5.74, 6) is 0.319. The Morgan fingerprint density at radius 3 is 2.35 bits per heavy atom. The van der Waals surface area contributed by atoms with E-state index in [0.717, 1.165) is 23.3 Å². The first-order chi connectivity index (χ1) is 9.43. The Kier molecular flexibility index (Phi) is 2.78. The number of rotatable bonds is 1. The fourth-order valence-electron chi connectivity index (χ4n) is 1.92. The summed E-state index contributed by atoms with van der Waals surface area (Å²) >= 11 is 0. The van der Waals surface area contributed by atoms with E-state index in [4.69, 9.17) is 4.42 Å². The predicted molar refractivity (Wildman–Crippen MR) is 69.2 cm³/mol. The van der Waals surface area contributed by atoms with Gasteiger partial charge in [0.1, 0.15) is 5.52 Å². The van der Waals surface area contributed by atoms with Crippen LogP contribution in [0.2, 0.25) is 0 Å². The van der Waals surface area contributed by atoms with Crippen LogP contribution in [0.25, 0.3) is 22.6 Å². The number of aryl methyl sites for hydroxylation is 1. The van der Waals surface area contributed by atoms with E-state index in [9.17, 15) is 13.2 Å². The zero-order valence-electron chi connectivity index (χ0n) is 10.5. The zero-order valence-corrected chi connectivity index (χ0v) is 10.5. The Morgan fingerprint density at radius 1 is 1.00 bits per heavy atom. The van der Waals surface area contributed by atoms with Crippen molar-refractivity contribution in [1.29, 1.82) is 0 Å². The summed E-state index contributed by atoms with van der Waals surface area (Å²) in [6.07, 6.45) is -4.38. The Hall–Kier alpha value is -2.30. The van der Waals surface area contributed by atoms with Crippen LogP contribution in [0.15, 0.2) is 46.9 Å². The van der Waals surface area contributed by atoms with Gasteiger partial charge in [0, 0.05) is 5.56 Å². The van der Waals surface area contributed by atoms with E-state index in [1.54, 1.807) is 0 Å². The second-order valence-corrected chi connectivity index (χ2v) is 4.57. The lowest BCUT2D eigenvalue weighted by atomic mass is 10.1. The number of aromatic nitrogens is 1. The molecule has 0 amide bonds. The average molecular weight is 277 g/mol. The monoisotopic (exact) mass is 277 g/mol. The molecule has 0 atom stereocenters. The van der Waals surface area contributed by atoms with Crippen LogP contribution in [-0.2, 0) is 6.18 Å². The highest BCUT2D eigenvalue weighted by Gasteiger charge is 2.31. The lowest BCUT2D eigenvalue weighted by Gasteiger charge is -2.04. The number of hydrogen-bond acceptors (Lipinski definition) is 2. The first kappa shape index (κ1) is 12.7. The van der Waals surface area contributed by atoms with Crippen LogP contribution in [0.3, 0.4) is 0 Å². The van der Waals surface area contributed by atoms with Gasteiger partial charge in [-0.2, -0.15) is 13.2 Å². The van der Waals surface area contributed by atoms with E-state index >= 15 is 0 Å². The number of halogens is 3. The van der Waals surface area contributed by atoms with Gasteiger partial charge in [0.25, 0.3) is 0 Å². The Morgan fingerprint density at radius 2 is 1.70 bits per heavy atom. The minimum absolute atomic E-state index is 0.135. The van der Waals surface area contributed by atoms with Crippen molar-refractivity contribution in [3.05, 3.63) is 53.6 Å². The molecule has 0 saturated heterocycles. The van der Waals surface area contributed by atoms with Crippen molar-refractivity contribution < 1.29 is 17.6 Å². The van der Waals surface area contributed by atoms with E-state index in [1.807, 2.05) is 31.2 Å². The van der Waals surface area contributed by atoms with Crippen molar-refractivity contribution in [3.63, 3.8) is 0 Å². The van der Waals surface area contributed by atoms with Crippen LogP contribution in [0.5, 0.6) is 0 Å². The molecule has 0 saturated carbocycles. The topological polar surface area (TPSA) is 26.0 Å². The third kappa shape index (κ3) is 2.27. The van der Waals surface area contributed by atoms with Gasteiger partial charge in [-0.1, -0.05) is 17.7 Å². The summed E-state index contributed by atoms with van der Waals surface area (Å²) in [5, 5.41) is 0. The van der Waals surface area contributed by atoms with Crippen molar-refractivity contribution in [1.82, 2.24) is 4.98 Å². The maximum absolute atomic E-state index is 12.6. The van der Waals surface area contributed by atoms with Crippen LogP contribution in [-0.4, -0.2) is 4.98 Å². The van der Waals surface area contributed by atoms with E-state index < -0.39 is 11.7 Å². The van der Waals surface area contributed by atoms with Gasteiger partial charge in [-0.25, -0.2) is 4.98 Å². The molecule has 1 aromatic heterocycles. The molecule has 0 radical (unpaired) electrons. The third-order valence-corrected chi connectivity index (χ3v) is 3.01. The number of hydrogen-bond donors (Lipinski definition) is 0. The minimum atomic E-state index is -4.38. The van der Waals surface area contributed by atoms with E-state index in [-0.39, 0.29) is 5.58 Å². The van der Waals surface area contributed by atoms with Crippen LogP contribution in [0, 0.1) is 6.92 Å². The SMILES string of the molecule is Cc1ccc(-c2nc3ccc(C(F)(F)F)cc3o2)cc1. The lowest BCUT2D eigenvalue weighted by Crippen LogP contribution is -2.03. The normalized spacial score (nSPS) is 12.0. The number of benzene rings is 2. The highest BCUT2D eigenvalue weighted by molar-refractivity contribution is 5.77. The summed E-state index contributed by atoms with van der Waals surface area (Å²) < 4.78 is 43.3. The molecular formula is C15H10F3NO. The first-order valence-electron chi connectivity index (χ1n) is 5.98. The average Bonchev–Trinajstić information content (AvgIpc) is 2.81. The molecule has 0 aliphatic rings. The minimum Gasteiger partial charge on any atom is -0.436 e. The largest absolute Gasteiger partial charge is 0.436 e. The van der Waals surface area contributed by atoms with Gasteiger partial charge in [0.15, 0.2) is 5.58 Å². The van der Waals surface area contributed by atoms with Gasteiger partial charge in [0.2, 0.25) is 5.89 Å². The molecule has 0 spiro atoms. The highest BCUT2D eigenvalue weighted by Crippen LogP contribution is 2.32. The Balaban J connectivity index is 2.09. The number of alkyl halides is 3. The molecule has 0 bridgehead atoms. The quantitative estimate of drug-likeness (QED) is 0.637. The zero-order chi connectivity index (χ0) is 14.3. The van der Waals surface area contributed by atoms with Gasteiger partial charge in [0.05, 0.1) is 5.56 Å². The van der Waals surface area contributed by atoms with Gasteiger partial charge in [-0.3, -0.25) is 0 Å². The molecular weight excluding hydrogens is 267 g/mol. The van der Waals surface area contributed by atoms with Gasteiger partial charge >= 0.3 is 6.18 Å². The van der Waals surface area contributed by atoms with E-state index in [2.05, 4.69) is 4.98 Å². The number of oxazole rings is 1. The lowest BCUT2D eigenvalue weighted by molar-refractivity contribution is -0.137. The Bertz CT molecular complexity index is 757. The molecule has 2 aromatic carbocycles. The van der Waals surface area contributed by atoms with Crippen LogP contribution in [0.1, 0.15) is 11.1 Å². The first-order valence-corrected chi connectivity index (χ1v) is 5.98. The molecule has 1 heterocycles.